The first-order valence-electron chi connectivity index (χ1n) is 7.90. The van der Waals surface area contributed by atoms with Gasteiger partial charge in [-0.25, -0.2) is 4.79 Å². The van der Waals surface area contributed by atoms with Crippen LogP contribution in [0.15, 0.2) is 0 Å². The zero-order valence-electron chi connectivity index (χ0n) is 13.4. The zero-order valence-corrected chi connectivity index (χ0v) is 13.4. The summed E-state index contributed by atoms with van der Waals surface area (Å²) in [5.74, 6) is -0.279. The van der Waals surface area contributed by atoms with E-state index in [0.29, 0.717) is 39.3 Å². The van der Waals surface area contributed by atoms with Crippen LogP contribution in [0.1, 0.15) is 26.2 Å². The van der Waals surface area contributed by atoms with Gasteiger partial charge in [0.25, 0.3) is 0 Å². The van der Waals surface area contributed by atoms with Crippen molar-refractivity contribution >= 4 is 12.0 Å². The maximum Gasteiger partial charge on any atom is 0.317 e. The van der Waals surface area contributed by atoms with Crippen molar-refractivity contribution < 1.29 is 23.8 Å². The van der Waals surface area contributed by atoms with Crippen LogP contribution in [-0.4, -0.2) is 69.6 Å². The summed E-state index contributed by atoms with van der Waals surface area (Å²) in [6, 6.07) is -0.0752. The fourth-order valence-corrected chi connectivity index (χ4v) is 3.12. The highest BCUT2D eigenvalue weighted by atomic mass is 16.5. The highest BCUT2D eigenvalue weighted by molar-refractivity contribution is 5.80. The molecule has 0 unspecified atom stereocenters. The number of esters is 1. The number of piperidine rings is 1. The van der Waals surface area contributed by atoms with Crippen LogP contribution in [0, 0.1) is 5.41 Å². The van der Waals surface area contributed by atoms with E-state index in [0.717, 1.165) is 12.8 Å². The van der Waals surface area contributed by atoms with Gasteiger partial charge in [-0.05, 0) is 26.2 Å². The number of rotatable bonds is 5. The molecule has 2 heterocycles. The number of carbonyl (C=O) groups is 2. The van der Waals surface area contributed by atoms with Gasteiger partial charge < -0.3 is 24.4 Å². The molecular weight excluding hydrogens is 288 g/mol. The van der Waals surface area contributed by atoms with E-state index in [1.54, 1.807) is 18.9 Å². The van der Waals surface area contributed by atoms with Gasteiger partial charge >= 0.3 is 12.0 Å². The molecule has 0 radical (unpaired) electrons. The van der Waals surface area contributed by atoms with Crippen LogP contribution in [0.25, 0.3) is 0 Å². The smallest absolute Gasteiger partial charge is 0.317 e. The third-order valence-electron chi connectivity index (χ3n) is 4.25. The Morgan fingerprint density at radius 3 is 2.91 bits per heavy atom. The maximum atomic E-state index is 12.4. The van der Waals surface area contributed by atoms with Gasteiger partial charge in [0.2, 0.25) is 0 Å². The number of hydrogen-bond donors (Lipinski definition) is 1. The molecule has 0 aromatic rings. The molecule has 7 nitrogen and oxygen atoms in total. The lowest BCUT2D eigenvalue weighted by molar-refractivity contribution is -0.162. The lowest BCUT2D eigenvalue weighted by atomic mass is 9.80. The van der Waals surface area contributed by atoms with Crippen molar-refractivity contribution in [3.05, 3.63) is 0 Å². The molecule has 0 aromatic carbocycles. The molecule has 2 aliphatic rings. The Labute approximate surface area is 131 Å². The first-order chi connectivity index (χ1) is 10.6. The van der Waals surface area contributed by atoms with E-state index in [9.17, 15) is 9.59 Å². The third-order valence-corrected chi connectivity index (χ3v) is 4.25. The zero-order chi connectivity index (χ0) is 16.0. The van der Waals surface area contributed by atoms with Gasteiger partial charge in [0.05, 0.1) is 25.9 Å². The van der Waals surface area contributed by atoms with Crippen LogP contribution in [-0.2, 0) is 19.0 Å². The normalized spacial score (nSPS) is 28.5. The monoisotopic (exact) mass is 314 g/mol. The molecule has 7 heteroatoms. The first-order valence-corrected chi connectivity index (χ1v) is 7.90. The Balaban J connectivity index is 2.00. The van der Waals surface area contributed by atoms with Crippen LogP contribution >= 0.6 is 0 Å². The predicted octanol–water partition coefficient (Wildman–Crippen LogP) is 0.777. The molecule has 2 fully saturated rings. The molecule has 126 valence electrons. The second kappa shape index (κ2) is 7.78. The maximum absolute atomic E-state index is 12.4. The second-order valence-electron chi connectivity index (χ2n) is 5.97. The number of likely N-dealkylation sites (tertiary alicyclic amines) is 1. The summed E-state index contributed by atoms with van der Waals surface area (Å²) in [5.41, 5.74) is -0.757. The number of nitrogens with one attached hydrogen (secondary N) is 1. The van der Waals surface area contributed by atoms with E-state index < -0.39 is 5.41 Å². The van der Waals surface area contributed by atoms with Gasteiger partial charge in [-0.2, -0.15) is 0 Å². The lowest BCUT2D eigenvalue weighted by Gasteiger charge is -2.40. The Hall–Kier alpha value is -1.34. The van der Waals surface area contributed by atoms with Crippen LogP contribution in [0.2, 0.25) is 0 Å². The fraction of sp³-hybridized carbons (Fsp3) is 0.867. The summed E-state index contributed by atoms with van der Waals surface area (Å²) >= 11 is 0. The number of urea groups is 1. The lowest BCUT2D eigenvalue weighted by Crippen LogP contribution is -2.56. The minimum Gasteiger partial charge on any atom is -0.465 e. The summed E-state index contributed by atoms with van der Waals surface area (Å²) in [6.07, 6.45) is 2.27. The van der Waals surface area contributed by atoms with Gasteiger partial charge in [0.1, 0.15) is 5.41 Å². The van der Waals surface area contributed by atoms with Crippen molar-refractivity contribution in [2.24, 2.45) is 5.41 Å². The molecule has 2 aliphatic heterocycles. The van der Waals surface area contributed by atoms with Gasteiger partial charge in [-0.1, -0.05) is 0 Å². The molecule has 0 spiro atoms. The molecule has 2 rings (SSSR count). The molecule has 1 N–H and O–H groups in total. The van der Waals surface area contributed by atoms with Crippen molar-refractivity contribution in [2.45, 2.75) is 32.2 Å². The predicted molar refractivity (Wildman–Crippen MR) is 79.5 cm³/mol. The van der Waals surface area contributed by atoms with Gasteiger partial charge in [-0.3, -0.25) is 4.79 Å². The van der Waals surface area contributed by atoms with Crippen molar-refractivity contribution in [1.82, 2.24) is 10.2 Å². The molecule has 2 atom stereocenters. The average molecular weight is 314 g/mol. The van der Waals surface area contributed by atoms with E-state index in [2.05, 4.69) is 5.32 Å². The fourth-order valence-electron chi connectivity index (χ4n) is 3.12. The molecule has 0 saturated carbocycles. The van der Waals surface area contributed by atoms with Gasteiger partial charge in [0.15, 0.2) is 0 Å². The topological polar surface area (TPSA) is 77.1 Å². The number of methoxy groups -OCH3 is 1. The number of hydrogen-bond acceptors (Lipinski definition) is 5. The van der Waals surface area contributed by atoms with Crippen molar-refractivity contribution in [2.75, 3.05) is 46.6 Å². The van der Waals surface area contributed by atoms with Crippen molar-refractivity contribution in [1.29, 1.82) is 0 Å². The summed E-state index contributed by atoms with van der Waals surface area (Å²) in [6.45, 7) is 4.59. The largest absolute Gasteiger partial charge is 0.465 e. The Bertz CT molecular complexity index is 393. The van der Waals surface area contributed by atoms with E-state index in [-0.39, 0.29) is 24.6 Å². The van der Waals surface area contributed by atoms with Crippen molar-refractivity contribution in [3.63, 3.8) is 0 Å². The molecule has 2 saturated heterocycles. The Morgan fingerprint density at radius 2 is 2.27 bits per heavy atom. The van der Waals surface area contributed by atoms with Crippen LogP contribution in [0.4, 0.5) is 4.79 Å². The van der Waals surface area contributed by atoms with Gasteiger partial charge in [0, 0.05) is 26.8 Å². The molecule has 0 bridgehead atoms. The van der Waals surface area contributed by atoms with E-state index in [4.69, 9.17) is 14.2 Å². The number of ether oxygens (including phenoxy) is 3. The molecule has 2 amide bonds. The van der Waals surface area contributed by atoms with Crippen LogP contribution < -0.4 is 5.32 Å². The quantitative estimate of drug-likeness (QED) is 0.759. The Kier molecular flexibility index (Phi) is 6.02. The van der Waals surface area contributed by atoms with Gasteiger partial charge in [-0.15, -0.1) is 0 Å². The summed E-state index contributed by atoms with van der Waals surface area (Å²) in [4.78, 5) is 26.4. The SMILES string of the molecule is CCOC(=O)[C@@]1(COC)CCCN(C(=O)N[C@H]2CCOC2)C1. The first kappa shape index (κ1) is 17.0. The minimum atomic E-state index is -0.757. The molecular formula is C15H26N2O5. The second-order valence-corrected chi connectivity index (χ2v) is 5.97. The molecule has 0 aliphatic carbocycles. The molecule has 22 heavy (non-hydrogen) atoms. The van der Waals surface area contributed by atoms with E-state index in [1.165, 1.54) is 0 Å². The summed E-state index contributed by atoms with van der Waals surface area (Å²) < 4.78 is 15.7. The standard InChI is InChI=1S/C15H26N2O5/c1-3-22-13(18)15(11-20-2)6-4-7-17(10-15)14(19)16-12-5-8-21-9-12/h12H,3-11H2,1-2H3,(H,16,19)/t12-,15-/m0/s1. The highest BCUT2D eigenvalue weighted by Gasteiger charge is 2.45. The number of nitrogens with zero attached hydrogens (tertiary/aromatic N) is 1. The van der Waals surface area contributed by atoms with Crippen LogP contribution in [0.3, 0.4) is 0 Å². The number of carbonyl (C=O) groups excluding carboxylic acids is 2. The third kappa shape index (κ3) is 3.89. The highest BCUT2D eigenvalue weighted by Crippen LogP contribution is 2.32. The van der Waals surface area contributed by atoms with Crippen LogP contribution in [0.5, 0.6) is 0 Å². The summed E-state index contributed by atoms with van der Waals surface area (Å²) in [5, 5.41) is 2.97. The van der Waals surface area contributed by atoms with E-state index >= 15 is 0 Å². The van der Waals surface area contributed by atoms with Crippen molar-refractivity contribution in [3.8, 4) is 0 Å². The minimum absolute atomic E-state index is 0.0637. The molecule has 0 aromatic heterocycles. The Morgan fingerprint density at radius 1 is 1.45 bits per heavy atom. The average Bonchev–Trinajstić information content (AvgIpc) is 3.01. The summed E-state index contributed by atoms with van der Waals surface area (Å²) in [7, 11) is 1.57. The number of amides is 2. The van der Waals surface area contributed by atoms with E-state index in [1.807, 2.05) is 0 Å².